The molecule has 1 aliphatic carbocycles. The van der Waals surface area contributed by atoms with Gasteiger partial charge in [0.25, 0.3) is 0 Å². The smallest absolute Gasteiger partial charge is 0.135 e. The molecule has 0 amide bonds. The highest BCUT2D eigenvalue weighted by Crippen LogP contribution is 2.31. The third-order valence-electron chi connectivity index (χ3n) is 3.66. The van der Waals surface area contributed by atoms with E-state index in [9.17, 15) is 0 Å². The van der Waals surface area contributed by atoms with Crippen LogP contribution in [0.1, 0.15) is 24.1 Å². The van der Waals surface area contributed by atoms with Gasteiger partial charge in [0.15, 0.2) is 0 Å². The minimum absolute atomic E-state index is 0.633. The molecule has 2 heterocycles. The lowest BCUT2D eigenvalue weighted by atomic mass is 10.2. The third kappa shape index (κ3) is 1.67. The lowest BCUT2D eigenvalue weighted by Gasteiger charge is -2.19. The molecule has 1 atom stereocenters. The Morgan fingerprint density at radius 1 is 1.38 bits per heavy atom. The number of hydrogen-bond acceptors (Lipinski definition) is 3. The molecule has 0 spiro atoms. The predicted molar refractivity (Wildman–Crippen MR) is 65.1 cm³/mol. The maximum Gasteiger partial charge on any atom is 0.135 e. The van der Waals surface area contributed by atoms with Crippen molar-refractivity contribution in [3.05, 3.63) is 17.6 Å². The summed E-state index contributed by atoms with van der Waals surface area (Å²) in [5.41, 5.74) is 2.65. The van der Waals surface area contributed by atoms with Crippen molar-refractivity contribution in [3.8, 4) is 0 Å². The van der Waals surface area contributed by atoms with Crippen LogP contribution < -0.4 is 4.90 Å². The lowest BCUT2D eigenvalue weighted by Crippen LogP contribution is -2.22. The summed E-state index contributed by atoms with van der Waals surface area (Å²) in [6, 6.07) is 0. The molecule has 3 nitrogen and oxygen atoms in total. The van der Waals surface area contributed by atoms with Crippen molar-refractivity contribution >= 4 is 17.4 Å². The average molecular weight is 238 g/mol. The number of hydrogen-bond donors (Lipinski definition) is 0. The quantitative estimate of drug-likeness (QED) is 0.737. The molecule has 1 saturated heterocycles. The number of aromatic nitrogens is 2. The van der Waals surface area contributed by atoms with Crippen LogP contribution in [0.5, 0.6) is 0 Å². The molecule has 0 aromatic carbocycles. The minimum atomic E-state index is 0.633. The maximum atomic E-state index is 5.92. The van der Waals surface area contributed by atoms with Gasteiger partial charge in [0.2, 0.25) is 0 Å². The summed E-state index contributed by atoms with van der Waals surface area (Å²) < 4.78 is 0. The molecule has 0 bridgehead atoms. The van der Waals surface area contributed by atoms with Gasteiger partial charge in [-0.2, -0.15) is 0 Å². The molecular weight excluding hydrogens is 222 g/mol. The second-order valence-corrected chi connectivity index (χ2v) is 5.04. The van der Waals surface area contributed by atoms with Gasteiger partial charge in [0.05, 0.1) is 0 Å². The molecule has 1 aromatic heterocycles. The number of alkyl halides is 1. The Morgan fingerprint density at radius 3 is 3.12 bits per heavy atom. The number of anilines is 1. The molecule has 4 heteroatoms. The molecule has 0 radical (unpaired) electrons. The van der Waals surface area contributed by atoms with Gasteiger partial charge < -0.3 is 4.90 Å². The molecule has 86 valence electrons. The van der Waals surface area contributed by atoms with Crippen LogP contribution in [0.2, 0.25) is 0 Å². The van der Waals surface area contributed by atoms with E-state index in [1.807, 2.05) is 0 Å². The second kappa shape index (κ2) is 4.21. The van der Waals surface area contributed by atoms with Crippen LogP contribution in [0.25, 0.3) is 0 Å². The SMILES string of the molecule is ClCC1CCN(c2ncnc3c2CCC3)C1. The Balaban J connectivity index is 1.87. The largest absolute Gasteiger partial charge is 0.356 e. The minimum Gasteiger partial charge on any atom is -0.356 e. The van der Waals surface area contributed by atoms with E-state index in [4.69, 9.17) is 11.6 Å². The molecule has 16 heavy (non-hydrogen) atoms. The molecule has 1 aromatic rings. The molecule has 0 N–H and O–H groups in total. The highest BCUT2D eigenvalue weighted by Gasteiger charge is 2.27. The van der Waals surface area contributed by atoms with Crippen LogP contribution in [0.4, 0.5) is 5.82 Å². The zero-order valence-electron chi connectivity index (χ0n) is 9.32. The van der Waals surface area contributed by atoms with Gasteiger partial charge in [-0.05, 0) is 31.6 Å². The Labute approximate surface area is 101 Å². The number of nitrogens with zero attached hydrogens (tertiary/aromatic N) is 3. The summed E-state index contributed by atoms with van der Waals surface area (Å²) >= 11 is 5.92. The topological polar surface area (TPSA) is 29.0 Å². The van der Waals surface area contributed by atoms with Crippen LogP contribution in [0.3, 0.4) is 0 Å². The Morgan fingerprint density at radius 2 is 2.31 bits per heavy atom. The predicted octanol–water partition coefficient (Wildman–Crippen LogP) is 2.03. The average Bonchev–Trinajstić information content (AvgIpc) is 2.97. The van der Waals surface area contributed by atoms with E-state index in [2.05, 4.69) is 14.9 Å². The highest BCUT2D eigenvalue weighted by atomic mass is 35.5. The van der Waals surface area contributed by atoms with E-state index < -0.39 is 0 Å². The first-order chi connectivity index (χ1) is 7.88. The summed E-state index contributed by atoms with van der Waals surface area (Å²) in [6.45, 7) is 2.16. The maximum absolute atomic E-state index is 5.92. The van der Waals surface area contributed by atoms with Crippen LogP contribution in [0.15, 0.2) is 6.33 Å². The Kier molecular flexibility index (Phi) is 2.72. The van der Waals surface area contributed by atoms with Crippen molar-refractivity contribution < 1.29 is 0 Å². The zero-order valence-corrected chi connectivity index (χ0v) is 10.1. The van der Waals surface area contributed by atoms with Crippen LogP contribution in [0, 0.1) is 5.92 Å². The molecule has 2 aliphatic rings. The van der Waals surface area contributed by atoms with Crippen molar-refractivity contribution in [3.63, 3.8) is 0 Å². The van der Waals surface area contributed by atoms with Gasteiger partial charge in [-0.1, -0.05) is 0 Å². The van der Waals surface area contributed by atoms with E-state index in [0.29, 0.717) is 5.92 Å². The summed E-state index contributed by atoms with van der Waals surface area (Å²) in [5.74, 6) is 2.58. The lowest BCUT2D eigenvalue weighted by molar-refractivity contribution is 0.666. The van der Waals surface area contributed by atoms with E-state index in [1.165, 1.54) is 29.9 Å². The van der Waals surface area contributed by atoms with Crippen molar-refractivity contribution in [1.82, 2.24) is 9.97 Å². The summed E-state index contributed by atoms with van der Waals surface area (Å²) in [6.07, 6.45) is 6.41. The van der Waals surface area contributed by atoms with Crippen molar-refractivity contribution in [2.75, 3.05) is 23.9 Å². The number of fused-ring (bicyclic) bond motifs is 1. The molecule has 1 unspecified atom stereocenters. The molecule has 1 fully saturated rings. The molecular formula is C12H16ClN3. The van der Waals surface area contributed by atoms with Gasteiger partial charge >= 0.3 is 0 Å². The van der Waals surface area contributed by atoms with E-state index in [0.717, 1.165) is 31.8 Å². The summed E-state index contributed by atoms with van der Waals surface area (Å²) in [7, 11) is 0. The van der Waals surface area contributed by atoms with Gasteiger partial charge in [-0.25, -0.2) is 9.97 Å². The first-order valence-electron chi connectivity index (χ1n) is 6.02. The first kappa shape index (κ1) is 10.3. The number of rotatable bonds is 2. The van der Waals surface area contributed by atoms with E-state index in [1.54, 1.807) is 6.33 Å². The Hall–Kier alpha value is -0.830. The van der Waals surface area contributed by atoms with Crippen LogP contribution >= 0.6 is 11.6 Å². The summed E-state index contributed by atoms with van der Waals surface area (Å²) in [5, 5.41) is 0. The van der Waals surface area contributed by atoms with Crippen molar-refractivity contribution in [1.29, 1.82) is 0 Å². The highest BCUT2D eigenvalue weighted by molar-refractivity contribution is 6.18. The van der Waals surface area contributed by atoms with Crippen molar-refractivity contribution in [2.24, 2.45) is 5.92 Å². The standard InChI is InChI=1S/C12H16ClN3/c13-6-9-4-5-16(7-9)12-10-2-1-3-11(10)14-8-15-12/h8-9H,1-7H2. The Bertz CT molecular complexity index is 394. The van der Waals surface area contributed by atoms with Crippen LogP contribution in [-0.2, 0) is 12.8 Å². The van der Waals surface area contributed by atoms with Crippen molar-refractivity contribution in [2.45, 2.75) is 25.7 Å². The van der Waals surface area contributed by atoms with Crippen LogP contribution in [-0.4, -0.2) is 28.9 Å². The zero-order chi connectivity index (χ0) is 11.0. The fraction of sp³-hybridized carbons (Fsp3) is 0.667. The number of halogens is 1. The van der Waals surface area contributed by atoms with Gasteiger partial charge in [0.1, 0.15) is 12.1 Å². The first-order valence-corrected chi connectivity index (χ1v) is 6.55. The van der Waals surface area contributed by atoms with E-state index in [-0.39, 0.29) is 0 Å². The normalized spacial score (nSPS) is 23.8. The fourth-order valence-corrected chi connectivity index (χ4v) is 3.02. The van der Waals surface area contributed by atoms with Gasteiger partial charge in [-0.15, -0.1) is 11.6 Å². The van der Waals surface area contributed by atoms with Gasteiger partial charge in [-0.3, -0.25) is 0 Å². The molecule has 1 aliphatic heterocycles. The number of aryl methyl sites for hydroxylation is 1. The molecule has 3 rings (SSSR count). The fourth-order valence-electron chi connectivity index (χ4n) is 2.77. The second-order valence-electron chi connectivity index (χ2n) is 4.73. The van der Waals surface area contributed by atoms with Gasteiger partial charge in [0, 0.05) is 30.2 Å². The van der Waals surface area contributed by atoms with E-state index >= 15 is 0 Å². The molecule has 0 saturated carbocycles. The monoisotopic (exact) mass is 237 g/mol. The third-order valence-corrected chi connectivity index (χ3v) is 4.09. The summed E-state index contributed by atoms with van der Waals surface area (Å²) in [4.78, 5) is 11.2.